The van der Waals surface area contributed by atoms with Gasteiger partial charge in [0.05, 0.1) is 4.91 Å². The van der Waals surface area contributed by atoms with Crippen LogP contribution < -0.4 is 5.32 Å². The van der Waals surface area contributed by atoms with Gasteiger partial charge < -0.3 is 9.73 Å². The van der Waals surface area contributed by atoms with E-state index in [2.05, 4.69) is 10.3 Å². The van der Waals surface area contributed by atoms with Gasteiger partial charge in [-0.15, -0.1) is 0 Å². The van der Waals surface area contributed by atoms with Gasteiger partial charge in [-0.1, -0.05) is 23.7 Å². The predicted molar refractivity (Wildman–Crippen MR) is 95.7 cm³/mol. The Morgan fingerprint density at radius 2 is 2.12 bits per heavy atom. The summed E-state index contributed by atoms with van der Waals surface area (Å²) in [5.41, 5.74) is 1.85. The van der Waals surface area contributed by atoms with Crippen LogP contribution in [0.3, 0.4) is 0 Å². The number of aryl methyl sites for hydroxylation is 1. The minimum atomic E-state index is -0.403. The van der Waals surface area contributed by atoms with Crippen molar-refractivity contribution in [2.45, 2.75) is 13.8 Å². The number of furan rings is 1. The van der Waals surface area contributed by atoms with Gasteiger partial charge in [-0.3, -0.25) is 9.59 Å². The Balaban J connectivity index is 1.80. The second-order valence-corrected chi connectivity index (χ2v) is 6.62. The van der Waals surface area contributed by atoms with Crippen LogP contribution in [0.25, 0.3) is 17.4 Å². The summed E-state index contributed by atoms with van der Waals surface area (Å²) < 4.78 is 5.75. The Bertz CT molecular complexity index is 899. The van der Waals surface area contributed by atoms with Gasteiger partial charge in [0.2, 0.25) is 5.91 Å². The number of thioether (sulfide) groups is 1. The first-order valence-corrected chi connectivity index (χ1v) is 8.28. The Morgan fingerprint density at radius 1 is 1.33 bits per heavy atom. The van der Waals surface area contributed by atoms with E-state index >= 15 is 0 Å². The number of rotatable bonds is 2. The molecule has 3 rings (SSSR count). The summed E-state index contributed by atoms with van der Waals surface area (Å²) in [7, 11) is 0. The minimum Gasteiger partial charge on any atom is -0.457 e. The van der Waals surface area contributed by atoms with Crippen LogP contribution in [-0.2, 0) is 9.59 Å². The topological polar surface area (TPSA) is 71.7 Å². The Kier molecular flexibility index (Phi) is 4.59. The van der Waals surface area contributed by atoms with E-state index in [1.54, 1.807) is 12.1 Å². The van der Waals surface area contributed by atoms with Gasteiger partial charge in [0.1, 0.15) is 11.5 Å². The lowest BCUT2D eigenvalue weighted by Gasteiger charge is -2.01. The second-order valence-electron chi connectivity index (χ2n) is 5.18. The van der Waals surface area contributed by atoms with Crippen LogP contribution in [0.5, 0.6) is 0 Å². The van der Waals surface area contributed by atoms with E-state index in [0.717, 1.165) is 22.9 Å². The predicted octanol–water partition coefficient (Wildman–Crippen LogP) is 4.01. The van der Waals surface area contributed by atoms with Crippen LogP contribution in [0.1, 0.15) is 18.2 Å². The van der Waals surface area contributed by atoms with Crippen LogP contribution in [0, 0.1) is 6.92 Å². The molecule has 0 aliphatic carbocycles. The molecule has 1 aliphatic heterocycles. The fourth-order valence-electron chi connectivity index (χ4n) is 2.07. The van der Waals surface area contributed by atoms with Gasteiger partial charge in [-0.05, 0) is 42.4 Å². The lowest BCUT2D eigenvalue weighted by atomic mass is 10.1. The molecule has 7 heteroatoms. The van der Waals surface area contributed by atoms with Crippen LogP contribution in [0.4, 0.5) is 0 Å². The first kappa shape index (κ1) is 16.5. The number of amides is 2. The largest absolute Gasteiger partial charge is 0.457 e. The molecule has 1 aromatic carbocycles. The third kappa shape index (κ3) is 3.60. The van der Waals surface area contributed by atoms with Gasteiger partial charge >= 0.3 is 0 Å². The van der Waals surface area contributed by atoms with E-state index in [-0.39, 0.29) is 11.1 Å². The summed E-state index contributed by atoms with van der Waals surface area (Å²) in [6, 6.07) is 9.25. The molecule has 0 bridgehead atoms. The maximum atomic E-state index is 11.8. The number of carbonyl (C=O) groups is 2. The maximum absolute atomic E-state index is 11.8. The zero-order chi connectivity index (χ0) is 17.3. The summed E-state index contributed by atoms with van der Waals surface area (Å²) >= 11 is 7.23. The summed E-state index contributed by atoms with van der Waals surface area (Å²) in [6.07, 6.45) is 1.60. The molecule has 0 atom stereocenters. The molecule has 1 aromatic heterocycles. The van der Waals surface area contributed by atoms with Gasteiger partial charge in [0.25, 0.3) is 5.91 Å². The molecule has 0 saturated heterocycles. The molecule has 2 aromatic rings. The van der Waals surface area contributed by atoms with Gasteiger partial charge in [0, 0.05) is 23.6 Å². The number of nitrogens with zero attached hydrogens (tertiary/aromatic N) is 1. The number of nitrogens with one attached hydrogen (secondary N) is 1. The van der Waals surface area contributed by atoms with Crippen molar-refractivity contribution in [2.24, 2.45) is 4.99 Å². The van der Waals surface area contributed by atoms with Crippen molar-refractivity contribution in [1.29, 1.82) is 0 Å². The molecular formula is C17H13ClN2O3S. The highest BCUT2D eigenvalue weighted by molar-refractivity contribution is 8.18. The summed E-state index contributed by atoms with van der Waals surface area (Å²) in [6.45, 7) is 3.29. The van der Waals surface area contributed by atoms with Gasteiger partial charge in [-0.25, -0.2) is 0 Å². The summed E-state index contributed by atoms with van der Waals surface area (Å²) in [5, 5.41) is 3.44. The minimum absolute atomic E-state index is 0.271. The molecule has 0 spiro atoms. The highest BCUT2D eigenvalue weighted by atomic mass is 35.5. The van der Waals surface area contributed by atoms with E-state index in [9.17, 15) is 9.59 Å². The monoisotopic (exact) mass is 360 g/mol. The third-order valence-electron chi connectivity index (χ3n) is 3.26. The summed E-state index contributed by atoms with van der Waals surface area (Å²) in [4.78, 5) is 27.0. The smallest absolute Gasteiger partial charge is 0.286 e. The molecule has 1 aliphatic rings. The number of benzene rings is 1. The molecule has 0 fully saturated rings. The lowest BCUT2D eigenvalue weighted by Crippen LogP contribution is -2.23. The van der Waals surface area contributed by atoms with Crippen molar-refractivity contribution in [3.63, 3.8) is 0 Å². The van der Waals surface area contributed by atoms with Crippen molar-refractivity contribution in [2.75, 3.05) is 0 Å². The summed E-state index contributed by atoms with van der Waals surface area (Å²) in [5.74, 6) is 0.505. The Hall–Kier alpha value is -2.31. The molecule has 0 saturated carbocycles. The van der Waals surface area contributed by atoms with Crippen LogP contribution in [-0.4, -0.2) is 17.0 Å². The third-order valence-corrected chi connectivity index (χ3v) is 4.57. The molecule has 0 radical (unpaired) electrons. The number of aliphatic imine (C=N–C) groups is 1. The number of hydrogen-bond donors (Lipinski definition) is 1. The fourth-order valence-corrected chi connectivity index (χ4v) is 3.09. The zero-order valence-corrected chi connectivity index (χ0v) is 14.5. The van der Waals surface area contributed by atoms with Gasteiger partial charge in [-0.2, -0.15) is 4.99 Å². The normalized spacial score (nSPS) is 15.7. The van der Waals surface area contributed by atoms with E-state index in [1.165, 1.54) is 6.92 Å². The van der Waals surface area contributed by atoms with Crippen molar-refractivity contribution in [3.8, 4) is 11.3 Å². The number of hydrogen-bond acceptors (Lipinski definition) is 4. The maximum Gasteiger partial charge on any atom is 0.286 e. The highest BCUT2D eigenvalue weighted by Gasteiger charge is 2.23. The molecule has 0 unspecified atom stereocenters. The van der Waals surface area contributed by atoms with Crippen LogP contribution in [0.2, 0.25) is 5.02 Å². The Labute approximate surface area is 147 Å². The molecular weight excluding hydrogens is 348 g/mol. The van der Waals surface area contributed by atoms with Crippen LogP contribution in [0.15, 0.2) is 44.6 Å². The molecule has 24 heavy (non-hydrogen) atoms. The first-order valence-electron chi connectivity index (χ1n) is 7.09. The first-order chi connectivity index (χ1) is 11.4. The average molecular weight is 361 g/mol. The van der Waals surface area contributed by atoms with E-state index < -0.39 is 5.91 Å². The molecule has 2 amide bonds. The number of halogens is 1. The number of carbonyl (C=O) groups excluding carboxylic acids is 2. The standard InChI is InChI=1S/C17H13ClN2O3S/c1-9-3-4-11(7-13(9)18)14-6-5-12(23-14)8-15-16(22)20-17(24-15)19-10(2)21/h3-8H,1-2H3,(H,19,20,21,22). The number of amidine groups is 1. The van der Waals surface area contributed by atoms with Crippen molar-refractivity contribution in [3.05, 3.63) is 51.6 Å². The van der Waals surface area contributed by atoms with E-state index in [1.807, 2.05) is 31.2 Å². The Morgan fingerprint density at radius 3 is 2.83 bits per heavy atom. The van der Waals surface area contributed by atoms with Crippen molar-refractivity contribution < 1.29 is 14.0 Å². The van der Waals surface area contributed by atoms with Crippen molar-refractivity contribution >= 4 is 46.4 Å². The SMILES string of the molecule is CC(=O)NC1=NC(=O)C(=Cc2ccc(-c3ccc(C)c(Cl)c3)o2)S1. The van der Waals surface area contributed by atoms with Crippen LogP contribution >= 0.6 is 23.4 Å². The quantitative estimate of drug-likeness (QED) is 0.821. The van der Waals surface area contributed by atoms with Gasteiger partial charge in [0.15, 0.2) is 5.17 Å². The molecule has 2 heterocycles. The van der Waals surface area contributed by atoms with E-state index in [0.29, 0.717) is 21.4 Å². The second kappa shape index (κ2) is 6.67. The van der Waals surface area contributed by atoms with Crippen molar-refractivity contribution in [1.82, 2.24) is 5.32 Å². The zero-order valence-electron chi connectivity index (χ0n) is 12.9. The average Bonchev–Trinajstić information content (AvgIpc) is 3.09. The molecule has 122 valence electrons. The fraction of sp³-hybridized carbons (Fsp3) is 0.118. The molecule has 1 N–H and O–H groups in total. The molecule has 5 nitrogen and oxygen atoms in total. The highest BCUT2D eigenvalue weighted by Crippen LogP contribution is 2.31. The van der Waals surface area contributed by atoms with E-state index in [4.69, 9.17) is 16.0 Å². The lowest BCUT2D eigenvalue weighted by molar-refractivity contribution is -0.117.